The predicted molar refractivity (Wildman–Crippen MR) is 92.2 cm³/mol. The topological polar surface area (TPSA) is 41.1 Å². The average Bonchev–Trinajstić information content (AvgIpc) is 2.53. The molecule has 2 aromatic rings. The van der Waals surface area contributed by atoms with Gasteiger partial charge in [-0.2, -0.15) is 13.2 Å². The van der Waals surface area contributed by atoms with Crippen LogP contribution in [0.1, 0.15) is 49.5 Å². The van der Waals surface area contributed by atoms with Gasteiger partial charge in [-0.05, 0) is 49.2 Å². The molecule has 3 nitrogen and oxygen atoms in total. The molecule has 2 rings (SSSR count). The van der Waals surface area contributed by atoms with Gasteiger partial charge in [-0.3, -0.25) is 4.79 Å². The van der Waals surface area contributed by atoms with Gasteiger partial charge in [-0.1, -0.05) is 24.3 Å². The number of halogens is 3. The summed E-state index contributed by atoms with van der Waals surface area (Å²) < 4.78 is 37.9. The lowest BCUT2D eigenvalue weighted by molar-refractivity contribution is -0.137. The molecule has 2 aromatic carbocycles. The molecule has 1 amide bonds. The number of hydrogen-bond acceptors (Lipinski definition) is 2. The monoisotopic (exact) mass is 350 g/mol. The molecule has 0 bridgehead atoms. The highest BCUT2D eigenvalue weighted by atomic mass is 19.4. The molecule has 25 heavy (non-hydrogen) atoms. The third kappa shape index (κ3) is 5.32. The number of carbonyl (C=O) groups is 1. The minimum atomic E-state index is -4.33. The van der Waals surface area contributed by atoms with Crippen molar-refractivity contribution in [3.8, 4) is 0 Å². The van der Waals surface area contributed by atoms with Crippen LogP contribution in [0, 0.1) is 0 Å². The first kappa shape index (κ1) is 19.0. The molecule has 2 atom stereocenters. The lowest BCUT2D eigenvalue weighted by Crippen LogP contribution is -2.22. The Morgan fingerprint density at radius 3 is 2.12 bits per heavy atom. The summed E-state index contributed by atoms with van der Waals surface area (Å²) in [7, 11) is 0. The fourth-order valence-electron chi connectivity index (χ4n) is 2.62. The number of alkyl halides is 3. The average molecular weight is 350 g/mol. The van der Waals surface area contributed by atoms with Crippen LogP contribution in [0.15, 0.2) is 48.5 Å². The lowest BCUT2D eigenvalue weighted by Gasteiger charge is -2.21. The minimum absolute atomic E-state index is 0.0361. The molecule has 134 valence electrons. The Labute approximate surface area is 145 Å². The third-order valence-electron chi connectivity index (χ3n) is 3.95. The maximum absolute atomic E-state index is 12.6. The van der Waals surface area contributed by atoms with Crippen molar-refractivity contribution >= 4 is 11.6 Å². The van der Waals surface area contributed by atoms with Crippen molar-refractivity contribution in [1.82, 2.24) is 5.32 Å². The summed E-state index contributed by atoms with van der Waals surface area (Å²) in [5, 5.41) is 6.09. The van der Waals surface area contributed by atoms with E-state index in [1.807, 2.05) is 32.0 Å². The van der Waals surface area contributed by atoms with Crippen LogP contribution in [0.3, 0.4) is 0 Å². The van der Waals surface area contributed by atoms with Gasteiger partial charge in [-0.25, -0.2) is 0 Å². The van der Waals surface area contributed by atoms with Crippen LogP contribution in [-0.2, 0) is 11.0 Å². The highest BCUT2D eigenvalue weighted by Gasteiger charge is 2.30. The summed E-state index contributed by atoms with van der Waals surface area (Å²) in [4.78, 5) is 11.1. The van der Waals surface area contributed by atoms with Gasteiger partial charge in [0, 0.05) is 24.7 Å². The van der Waals surface area contributed by atoms with Crippen LogP contribution in [-0.4, -0.2) is 5.91 Å². The van der Waals surface area contributed by atoms with Gasteiger partial charge in [0.05, 0.1) is 5.56 Å². The van der Waals surface area contributed by atoms with E-state index in [0.29, 0.717) is 5.69 Å². The molecule has 6 heteroatoms. The number of hydrogen-bond donors (Lipinski definition) is 2. The van der Waals surface area contributed by atoms with E-state index in [1.54, 1.807) is 6.07 Å². The van der Waals surface area contributed by atoms with E-state index in [-0.39, 0.29) is 18.0 Å². The number of amides is 1. The zero-order valence-electron chi connectivity index (χ0n) is 14.3. The van der Waals surface area contributed by atoms with Gasteiger partial charge in [0.1, 0.15) is 0 Å². The second-order valence-electron chi connectivity index (χ2n) is 6.04. The second-order valence-corrected chi connectivity index (χ2v) is 6.04. The summed E-state index contributed by atoms with van der Waals surface area (Å²) in [5.41, 5.74) is 1.81. The molecule has 0 heterocycles. The fraction of sp³-hybridized carbons (Fsp3) is 0.316. The summed E-state index contributed by atoms with van der Waals surface area (Å²) >= 11 is 0. The Kier molecular flexibility index (Phi) is 5.85. The predicted octanol–water partition coefficient (Wildman–Crippen LogP) is 5.08. The van der Waals surface area contributed by atoms with Gasteiger partial charge in [0.15, 0.2) is 0 Å². The smallest absolute Gasteiger partial charge is 0.326 e. The Morgan fingerprint density at radius 2 is 1.56 bits per heavy atom. The molecule has 0 radical (unpaired) electrons. The molecule has 0 saturated heterocycles. The molecule has 0 saturated carbocycles. The summed E-state index contributed by atoms with van der Waals surface area (Å²) in [6.07, 6.45) is -4.33. The van der Waals surface area contributed by atoms with E-state index in [1.165, 1.54) is 19.1 Å². The second kappa shape index (κ2) is 7.70. The van der Waals surface area contributed by atoms with Crippen LogP contribution in [0.25, 0.3) is 0 Å². The maximum Gasteiger partial charge on any atom is 0.416 e. The van der Waals surface area contributed by atoms with Crippen molar-refractivity contribution in [3.63, 3.8) is 0 Å². The maximum atomic E-state index is 12.6. The first-order valence-corrected chi connectivity index (χ1v) is 7.97. The molecule has 2 N–H and O–H groups in total. The minimum Gasteiger partial charge on any atom is -0.326 e. The SMILES string of the molecule is CC(=O)Nc1cccc(C(C)NC(C)c2ccc(C(F)(F)F)cc2)c1. The van der Waals surface area contributed by atoms with Gasteiger partial charge in [-0.15, -0.1) is 0 Å². The third-order valence-corrected chi connectivity index (χ3v) is 3.95. The van der Waals surface area contributed by atoms with E-state index >= 15 is 0 Å². The lowest BCUT2D eigenvalue weighted by atomic mass is 10.0. The summed E-state index contributed by atoms with van der Waals surface area (Å²) in [5.74, 6) is -0.143. The first-order chi connectivity index (χ1) is 11.7. The van der Waals surface area contributed by atoms with Crippen LogP contribution in [0.4, 0.5) is 18.9 Å². The number of anilines is 1. The summed E-state index contributed by atoms with van der Waals surface area (Å²) in [6.45, 7) is 5.31. The fourth-order valence-corrected chi connectivity index (χ4v) is 2.62. The van der Waals surface area contributed by atoms with Crippen molar-refractivity contribution < 1.29 is 18.0 Å². The zero-order valence-corrected chi connectivity index (χ0v) is 14.3. The highest BCUT2D eigenvalue weighted by Crippen LogP contribution is 2.30. The standard InChI is InChI=1S/C19H21F3N2O/c1-12(15-7-9-17(10-8-15)19(20,21)22)23-13(2)16-5-4-6-18(11-16)24-14(3)25/h4-13,23H,1-3H3,(H,24,25). The molecule has 0 spiro atoms. The molecule has 2 unspecified atom stereocenters. The Hall–Kier alpha value is -2.34. The number of rotatable bonds is 5. The van der Waals surface area contributed by atoms with Gasteiger partial charge in [0.2, 0.25) is 5.91 Å². The molecule has 0 aliphatic rings. The highest BCUT2D eigenvalue weighted by molar-refractivity contribution is 5.88. The van der Waals surface area contributed by atoms with E-state index in [2.05, 4.69) is 10.6 Å². The largest absolute Gasteiger partial charge is 0.416 e. The van der Waals surface area contributed by atoms with Crippen LogP contribution in [0.5, 0.6) is 0 Å². The molecule has 0 aromatic heterocycles. The Bertz CT molecular complexity index is 726. The number of nitrogens with one attached hydrogen (secondary N) is 2. The first-order valence-electron chi connectivity index (χ1n) is 7.97. The van der Waals surface area contributed by atoms with Crippen molar-refractivity contribution in [3.05, 3.63) is 65.2 Å². The number of benzene rings is 2. The molecule has 0 fully saturated rings. The van der Waals surface area contributed by atoms with Gasteiger partial charge in [0.25, 0.3) is 0 Å². The van der Waals surface area contributed by atoms with Crippen LogP contribution >= 0.6 is 0 Å². The van der Waals surface area contributed by atoms with Gasteiger partial charge >= 0.3 is 6.18 Å². The van der Waals surface area contributed by atoms with Gasteiger partial charge < -0.3 is 10.6 Å². The normalized spacial score (nSPS) is 14.0. The number of carbonyl (C=O) groups excluding carboxylic acids is 1. The van der Waals surface area contributed by atoms with Crippen LogP contribution in [0.2, 0.25) is 0 Å². The Balaban J connectivity index is 2.07. The van der Waals surface area contributed by atoms with E-state index in [9.17, 15) is 18.0 Å². The Morgan fingerprint density at radius 1 is 0.960 bits per heavy atom. The quantitative estimate of drug-likeness (QED) is 0.790. The molecular weight excluding hydrogens is 329 g/mol. The van der Waals surface area contributed by atoms with Crippen LogP contribution < -0.4 is 10.6 Å². The summed E-state index contributed by atoms with van der Waals surface area (Å²) in [6, 6.07) is 12.5. The van der Waals surface area contributed by atoms with E-state index in [0.717, 1.165) is 23.3 Å². The molecule has 0 aliphatic carbocycles. The molecular formula is C19H21F3N2O. The van der Waals surface area contributed by atoms with Crippen molar-refractivity contribution in [2.24, 2.45) is 0 Å². The zero-order chi connectivity index (χ0) is 18.6. The van der Waals surface area contributed by atoms with Crippen molar-refractivity contribution in [2.45, 2.75) is 39.0 Å². The molecule has 0 aliphatic heterocycles. The van der Waals surface area contributed by atoms with E-state index in [4.69, 9.17) is 0 Å². The van der Waals surface area contributed by atoms with E-state index < -0.39 is 11.7 Å². The van der Waals surface area contributed by atoms with Crippen molar-refractivity contribution in [1.29, 1.82) is 0 Å². The van der Waals surface area contributed by atoms with Crippen molar-refractivity contribution in [2.75, 3.05) is 5.32 Å².